The van der Waals surface area contributed by atoms with Crippen molar-refractivity contribution in [2.75, 3.05) is 26.2 Å². The first-order chi connectivity index (χ1) is 10.3. The molecule has 0 radical (unpaired) electrons. The molecule has 21 heavy (non-hydrogen) atoms. The van der Waals surface area contributed by atoms with E-state index in [1.54, 1.807) is 0 Å². The number of hydrogen-bond donors (Lipinski definition) is 1. The van der Waals surface area contributed by atoms with Gasteiger partial charge in [-0.2, -0.15) is 0 Å². The van der Waals surface area contributed by atoms with E-state index < -0.39 is 0 Å². The lowest BCUT2D eigenvalue weighted by Crippen LogP contribution is -2.52. The molecule has 1 aromatic carbocycles. The zero-order chi connectivity index (χ0) is 14.3. The van der Waals surface area contributed by atoms with Crippen molar-refractivity contribution in [2.45, 2.75) is 44.1 Å². The van der Waals surface area contributed by atoms with Crippen LogP contribution in [0.4, 0.5) is 0 Å². The molecule has 0 bridgehead atoms. The van der Waals surface area contributed by atoms with Crippen molar-refractivity contribution in [1.29, 1.82) is 0 Å². The molecule has 3 aliphatic heterocycles. The summed E-state index contributed by atoms with van der Waals surface area (Å²) in [6.07, 6.45) is 6.94. The van der Waals surface area contributed by atoms with Gasteiger partial charge < -0.3 is 5.32 Å². The highest BCUT2D eigenvalue weighted by atomic mass is 35.5. The van der Waals surface area contributed by atoms with Gasteiger partial charge in [0.2, 0.25) is 0 Å². The molecule has 1 N–H and O–H groups in total. The molecule has 0 aliphatic carbocycles. The molecule has 114 valence electrons. The Morgan fingerprint density at radius 1 is 1.10 bits per heavy atom. The first kappa shape index (κ1) is 14.0. The highest BCUT2D eigenvalue weighted by molar-refractivity contribution is 6.30. The molecule has 1 spiro atoms. The molecular formula is C18H25ClN2. The number of nitrogens with zero attached hydrogens (tertiary/aromatic N) is 1. The smallest absolute Gasteiger partial charge is 0.0406 e. The molecule has 3 fully saturated rings. The van der Waals surface area contributed by atoms with Crippen LogP contribution in [0.3, 0.4) is 0 Å². The molecule has 3 saturated heterocycles. The van der Waals surface area contributed by atoms with E-state index in [4.69, 9.17) is 11.6 Å². The van der Waals surface area contributed by atoms with E-state index in [0.717, 1.165) is 17.6 Å². The Kier molecular flexibility index (Phi) is 3.72. The highest BCUT2D eigenvalue weighted by Gasteiger charge is 2.53. The van der Waals surface area contributed by atoms with E-state index in [1.807, 2.05) is 0 Å². The lowest BCUT2D eigenvalue weighted by atomic mass is 9.62. The van der Waals surface area contributed by atoms with Gasteiger partial charge in [-0.05, 0) is 68.4 Å². The number of fused-ring (bicyclic) bond motifs is 2. The summed E-state index contributed by atoms with van der Waals surface area (Å²) in [6, 6.07) is 9.45. The Morgan fingerprint density at radius 3 is 2.81 bits per heavy atom. The van der Waals surface area contributed by atoms with Crippen LogP contribution in [0.15, 0.2) is 24.3 Å². The second kappa shape index (κ2) is 5.57. The van der Waals surface area contributed by atoms with Crippen LogP contribution in [0, 0.1) is 5.41 Å². The molecule has 1 aromatic rings. The minimum atomic E-state index is 0.500. The standard InChI is InChI=1S/C18H25ClN2/c19-15-6-4-14(5-7-15)16-13-20-10-8-18(16)9-12-21-11-2-1-3-17(18)21/h4-7,16-17,20H,1-3,8-13H2. The Bertz CT molecular complexity index is 500. The largest absolute Gasteiger partial charge is 0.316 e. The third kappa shape index (κ3) is 2.32. The van der Waals surface area contributed by atoms with Gasteiger partial charge in [0.15, 0.2) is 0 Å². The quantitative estimate of drug-likeness (QED) is 0.852. The van der Waals surface area contributed by atoms with Gasteiger partial charge in [0.25, 0.3) is 0 Å². The normalized spacial score (nSPS) is 36.8. The third-order valence-electron chi connectivity index (χ3n) is 6.22. The molecule has 3 atom stereocenters. The Hall–Kier alpha value is -0.570. The van der Waals surface area contributed by atoms with Gasteiger partial charge >= 0.3 is 0 Å². The van der Waals surface area contributed by atoms with Crippen molar-refractivity contribution in [2.24, 2.45) is 5.41 Å². The van der Waals surface area contributed by atoms with Crippen LogP contribution < -0.4 is 5.32 Å². The molecule has 4 rings (SSSR count). The Balaban J connectivity index is 1.69. The molecule has 3 heterocycles. The maximum absolute atomic E-state index is 6.09. The van der Waals surface area contributed by atoms with Gasteiger partial charge in [-0.1, -0.05) is 30.2 Å². The average Bonchev–Trinajstić information content (AvgIpc) is 2.89. The van der Waals surface area contributed by atoms with E-state index in [2.05, 4.69) is 34.5 Å². The zero-order valence-corrected chi connectivity index (χ0v) is 13.4. The Labute approximate surface area is 132 Å². The number of nitrogens with one attached hydrogen (secondary N) is 1. The van der Waals surface area contributed by atoms with Crippen molar-refractivity contribution >= 4 is 11.6 Å². The van der Waals surface area contributed by atoms with Crippen LogP contribution in [0.1, 0.15) is 43.6 Å². The average molecular weight is 305 g/mol. The monoisotopic (exact) mass is 304 g/mol. The molecule has 0 amide bonds. The summed E-state index contributed by atoms with van der Waals surface area (Å²) in [5.41, 5.74) is 1.98. The Morgan fingerprint density at radius 2 is 1.95 bits per heavy atom. The molecule has 3 unspecified atom stereocenters. The van der Waals surface area contributed by atoms with E-state index in [-0.39, 0.29) is 0 Å². The predicted octanol–water partition coefficient (Wildman–Crippen LogP) is 3.66. The summed E-state index contributed by atoms with van der Waals surface area (Å²) in [6.45, 7) is 4.96. The summed E-state index contributed by atoms with van der Waals surface area (Å²) in [4.78, 5) is 2.79. The van der Waals surface area contributed by atoms with Gasteiger partial charge in [-0.3, -0.25) is 4.90 Å². The van der Waals surface area contributed by atoms with Crippen molar-refractivity contribution < 1.29 is 0 Å². The van der Waals surface area contributed by atoms with Gasteiger partial charge in [0.1, 0.15) is 0 Å². The van der Waals surface area contributed by atoms with Crippen molar-refractivity contribution in [3.63, 3.8) is 0 Å². The number of hydrogen-bond acceptors (Lipinski definition) is 2. The van der Waals surface area contributed by atoms with Gasteiger partial charge in [-0.15, -0.1) is 0 Å². The second-order valence-corrected chi connectivity index (χ2v) is 7.53. The highest BCUT2D eigenvalue weighted by Crippen LogP contribution is 2.53. The fourth-order valence-corrected chi connectivity index (χ4v) is 5.34. The lowest BCUT2D eigenvalue weighted by Gasteiger charge is -2.49. The molecule has 2 nitrogen and oxygen atoms in total. The topological polar surface area (TPSA) is 15.3 Å². The molecular weight excluding hydrogens is 280 g/mol. The third-order valence-corrected chi connectivity index (χ3v) is 6.48. The summed E-state index contributed by atoms with van der Waals surface area (Å²) in [5, 5.41) is 4.49. The van der Waals surface area contributed by atoms with Gasteiger partial charge in [0, 0.05) is 23.5 Å². The minimum absolute atomic E-state index is 0.500. The van der Waals surface area contributed by atoms with Crippen molar-refractivity contribution in [3.8, 4) is 0 Å². The van der Waals surface area contributed by atoms with E-state index in [9.17, 15) is 0 Å². The molecule has 3 heteroatoms. The van der Waals surface area contributed by atoms with Crippen molar-refractivity contribution in [1.82, 2.24) is 10.2 Å². The van der Waals surface area contributed by atoms with E-state index >= 15 is 0 Å². The molecule has 3 aliphatic rings. The molecule has 0 saturated carbocycles. The maximum Gasteiger partial charge on any atom is 0.0406 e. The fourth-order valence-electron chi connectivity index (χ4n) is 5.22. The lowest BCUT2D eigenvalue weighted by molar-refractivity contribution is 0.0663. The number of benzene rings is 1. The number of piperidine rings is 2. The number of halogens is 1. The first-order valence-corrected chi connectivity index (χ1v) is 8.88. The van der Waals surface area contributed by atoms with Crippen LogP contribution in [0.2, 0.25) is 5.02 Å². The minimum Gasteiger partial charge on any atom is -0.316 e. The van der Waals surface area contributed by atoms with Gasteiger partial charge in [-0.25, -0.2) is 0 Å². The number of rotatable bonds is 1. The van der Waals surface area contributed by atoms with E-state index in [1.165, 1.54) is 57.3 Å². The fraction of sp³-hybridized carbons (Fsp3) is 0.667. The van der Waals surface area contributed by atoms with Crippen LogP contribution >= 0.6 is 11.6 Å². The first-order valence-electron chi connectivity index (χ1n) is 8.50. The summed E-state index contributed by atoms with van der Waals surface area (Å²) in [7, 11) is 0. The second-order valence-electron chi connectivity index (χ2n) is 7.09. The van der Waals surface area contributed by atoms with Crippen LogP contribution in [-0.4, -0.2) is 37.1 Å². The SMILES string of the molecule is Clc1ccc(C2CNCCC23CCN2CCCCC23)cc1. The zero-order valence-electron chi connectivity index (χ0n) is 12.7. The summed E-state index contributed by atoms with van der Waals surface area (Å²) in [5.74, 6) is 0.650. The van der Waals surface area contributed by atoms with Crippen LogP contribution in [-0.2, 0) is 0 Å². The van der Waals surface area contributed by atoms with Gasteiger partial charge in [0.05, 0.1) is 0 Å². The van der Waals surface area contributed by atoms with Crippen molar-refractivity contribution in [3.05, 3.63) is 34.9 Å². The predicted molar refractivity (Wildman–Crippen MR) is 87.9 cm³/mol. The summed E-state index contributed by atoms with van der Waals surface area (Å²) < 4.78 is 0. The van der Waals surface area contributed by atoms with E-state index in [0.29, 0.717) is 11.3 Å². The summed E-state index contributed by atoms with van der Waals surface area (Å²) >= 11 is 6.09. The molecule has 0 aromatic heterocycles. The van der Waals surface area contributed by atoms with Crippen LogP contribution in [0.25, 0.3) is 0 Å². The van der Waals surface area contributed by atoms with Crippen LogP contribution in [0.5, 0.6) is 0 Å². The maximum atomic E-state index is 6.09.